The highest BCUT2D eigenvalue weighted by Gasteiger charge is 2.35. The highest BCUT2D eigenvalue weighted by atomic mass is 32.2. The molecule has 0 aromatic heterocycles. The van der Waals surface area contributed by atoms with Crippen molar-refractivity contribution < 1.29 is 68.1 Å². The molecule has 0 bridgehead atoms. The van der Waals surface area contributed by atoms with Crippen LogP contribution in [0.2, 0.25) is 0 Å². The Morgan fingerprint density at radius 2 is 0.931 bits per heavy atom. The van der Waals surface area contributed by atoms with E-state index in [4.69, 9.17) is 22.9 Å². The molecule has 72 heavy (non-hydrogen) atoms. The van der Waals surface area contributed by atoms with Gasteiger partial charge in [-0.2, -0.15) is 11.8 Å². The minimum Gasteiger partial charge on any atom is -0.481 e. The van der Waals surface area contributed by atoms with E-state index in [1.54, 1.807) is 34.0 Å². The van der Waals surface area contributed by atoms with Crippen molar-refractivity contribution in [3.05, 3.63) is 0 Å². The number of amides is 8. The van der Waals surface area contributed by atoms with Crippen LogP contribution in [0.5, 0.6) is 0 Å². The summed E-state index contributed by atoms with van der Waals surface area (Å²) in [6, 6.07) is -12.5. The molecule has 0 heterocycles. The first-order valence-electron chi connectivity index (χ1n) is 23.7. The lowest BCUT2D eigenvalue weighted by atomic mass is 10.00. The van der Waals surface area contributed by atoms with Crippen molar-refractivity contribution in [3.63, 3.8) is 0 Å². The smallest absolute Gasteiger partial charge is 0.326 e. The van der Waals surface area contributed by atoms with Gasteiger partial charge in [0.15, 0.2) is 5.96 Å². The number of carboxylic acid groups (broad SMARTS) is 3. The number of nitrogens with one attached hydrogen (secondary N) is 8. The maximum Gasteiger partial charge on any atom is 0.326 e. The third-order valence-electron chi connectivity index (χ3n) is 10.6. The highest BCUT2D eigenvalue weighted by molar-refractivity contribution is 7.98. The molecule has 0 radical (unpaired) electrons. The van der Waals surface area contributed by atoms with Gasteiger partial charge in [-0.1, -0.05) is 34.1 Å². The van der Waals surface area contributed by atoms with Crippen LogP contribution in [-0.2, 0) is 52.7 Å². The van der Waals surface area contributed by atoms with Crippen LogP contribution in [0.1, 0.15) is 112 Å². The van der Waals surface area contributed by atoms with Crippen LogP contribution in [0, 0.1) is 11.8 Å². The summed E-state index contributed by atoms with van der Waals surface area (Å²) in [6.45, 7) is 9.84. The van der Waals surface area contributed by atoms with Crippen LogP contribution >= 0.6 is 11.8 Å². The zero-order valence-corrected chi connectivity index (χ0v) is 43.1. The first-order chi connectivity index (χ1) is 33.6. The second-order valence-electron chi connectivity index (χ2n) is 18.1. The standard InChI is InChI=1S/C44H79N13O14S/c1-22(2)19-30(41(68)57-32(43(70)71)20-23(3)4)56-40(67)27(12-10-17-49-44(47)48)54-42(69)31(21-34(60)61)55-36(63)25(6)50-38(65)28(13-14-33(58)59)52-35(62)24(5)51-39(66)29(15-18-72-7)53-37(64)26(46)11-8-9-16-45/h22-32H,8-21,45-46H2,1-7H3,(H,50,65)(H,51,66)(H,52,62)(H,53,64)(H,54,69)(H,55,63)(H,56,67)(H,57,68)(H,58,59)(H,60,61)(H,70,71)(H4,47,48,49)/t24-,25-,26-,27-,28-,29-,30-,31-,32-/m0/s1. The van der Waals surface area contributed by atoms with Crippen molar-refractivity contribution in [1.82, 2.24) is 42.5 Å². The predicted octanol–water partition coefficient (Wildman–Crippen LogP) is -3.32. The molecule has 28 heteroatoms. The minimum absolute atomic E-state index is 0.0219. The number of nitrogens with zero attached hydrogens (tertiary/aromatic N) is 1. The molecule has 0 rings (SSSR count). The zero-order chi connectivity index (χ0) is 55.2. The van der Waals surface area contributed by atoms with Gasteiger partial charge in [-0.05, 0) is 95.6 Å². The van der Waals surface area contributed by atoms with Crippen LogP contribution in [-0.4, -0.2) is 166 Å². The Labute approximate surface area is 423 Å². The molecular formula is C44H79N13O14S. The van der Waals surface area contributed by atoms with Gasteiger partial charge in [-0.15, -0.1) is 0 Å². The van der Waals surface area contributed by atoms with E-state index < -0.39 is 139 Å². The molecule has 0 aliphatic rings. The molecule has 0 saturated carbocycles. The Hall–Kier alpha value is -6.29. The SMILES string of the molecule is CSCC[C@H](NC(=O)[C@@H](N)CCCCN)C(=O)N[C@@H](C)C(=O)N[C@@H](CCC(=O)O)C(=O)N[C@@H](C)C(=O)N[C@@H](CC(=O)O)C(=O)N[C@@H](CCCN=C(N)N)C(=O)N[C@@H](CC(C)C)C(=O)N[C@@H](CC(C)C)C(=O)O. The average molecular weight is 1050 g/mol. The Bertz CT molecular complexity index is 1870. The number of aliphatic carboxylic acids is 3. The molecule has 27 nitrogen and oxygen atoms in total. The summed E-state index contributed by atoms with van der Waals surface area (Å²) in [5.74, 6) is -11.7. The van der Waals surface area contributed by atoms with Crippen LogP contribution in [0.3, 0.4) is 0 Å². The van der Waals surface area contributed by atoms with Gasteiger partial charge < -0.3 is 80.8 Å². The maximum atomic E-state index is 13.8. The van der Waals surface area contributed by atoms with E-state index in [-0.39, 0.29) is 56.4 Å². The predicted molar refractivity (Wildman–Crippen MR) is 266 cm³/mol. The molecule has 8 amide bonds. The number of aliphatic imine (C=N–C) groups is 1. The van der Waals surface area contributed by atoms with E-state index in [0.29, 0.717) is 31.6 Å². The fourth-order valence-electron chi connectivity index (χ4n) is 6.68. The fourth-order valence-corrected chi connectivity index (χ4v) is 7.15. The van der Waals surface area contributed by atoms with E-state index in [0.717, 1.165) is 6.92 Å². The second-order valence-corrected chi connectivity index (χ2v) is 19.1. The molecule has 0 unspecified atom stereocenters. The summed E-state index contributed by atoms with van der Waals surface area (Å²) in [6.07, 6.45) is 1.37. The molecular weight excluding hydrogens is 967 g/mol. The average Bonchev–Trinajstić information content (AvgIpc) is 3.28. The summed E-state index contributed by atoms with van der Waals surface area (Å²) in [5.41, 5.74) is 22.3. The summed E-state index contributed by atoms with van der Waals surface area (Å²) < 4.78 is 0. The first kappa shape index (κ1) is 65.7. The van der Waals surface area contributed by atoms with Crippen molar-refractivity contribution >= 4 is 82.9 Å². The van der Waals surface area contributed by atoms with Gasteiger partial charge in [0, 0.05) is 13.0 Å². The number of hydrogen-bond donors (Lipinski definition) is 15. The first-order valence-corrected chi connectivity index (χ1v) is 25.1. The van der Waals surface area contributed by atoms with E-state index >= 15 is 0 Å². The molecule has 9 atom stereocenters. The van der Waals surface area contributed by atoms with Crippen molar-refractivity contribution in [1.29, 1.82) is 0 Å². The Balaban J connectivity index is 6.32. The Morgan fingerprint density at radius 1 is 0.500 bits per heavy atom. The molecule has 19 N–H and O–H groups in total. The van der Waals surface area contributed by atoms with Crippen LogP contribution < -0.4 is 65.5 Å². The van der Waals surface area contributed by atoms with E-state index in [9.17, 15) is 68.1 Å². The van der Waals surface area contributed by atoms with E-state index in [1.807, 2.05) is 0 Å². The van der Waals surface area contributed by atoms with Gasteiger partial charge in [0.05, 0.1) is 12.5 Å². The van der Waals surface area contributed by atoms with Crippen LogP contribution in [0.25, 0.3) is 0 Å². The molecule has 0 fully saturated rings. The van der Waals surface area contributed by atoms with Gasteiger partial charge in [0.25, 0.3) is 0 Å². The van der Waals surface area contributed by atoms with Gasteiger partial charge in [0.2, 0.25) is 47.3 Å². The van der Waals surface area contributed by atoms with Crippen LogP contribution in [0.15, 0.2) is 4.99 Å². The number of nitrogens with two attached hydrogens (primary N) is 4. The number of hydrogen-bond acceptors (Lipinski definition) is 15. The number of carbonyl (C=O) groups is 11. The number of thioether (sulfide) groups is 1. The molecule has 0 aromatic rings. The summed E-state index contributed by atoms with van der Waals surface area (Å²) in [7, 11) is 0. The molecule has 0 saturated heterocycles. The summed E-state index contributed by atoms with van der Waals surface area (Å²) >= 11 is 1.40. The van der Waals surface area contributed by atoms with E-state index in [1.165, 1.54) is 18.7 Å². The van der Waals surface area contributed by atoms with E-state index in [2.05, 4.69) is 47.5 Å². The highest BCUT2D eigenvalue weighted by Crippen LogP contribution is 2.11. The number of unbranched alkanes of at least 4 members (excludes halogenated alkanes) is 1. The fraction of sp³-hybridized carbons (Fsp3) is 0.727. The molecule has 410 valence electrons. The Kier molecular flexibility index (Phi) is 31.9. The van der Waals surface area contributed by atoms with Gasteiger partial charge >= 0.3 is 17.9 Å². The molecule has 0 aliphatic carbocycles. The van der Waals surface area contributed by atoms with Gasteiger partial charge in [-0.25, -0.2) is 4.79 Å². The largest absolute Gasteiger partial charge is 0.481 e. The van der Waals surface area contributed by atoms with Crippen LogP contribution in [0.4, 0.5) is 0 Å². The molecule has 0 spiro atoms. The molecule has 0 aromatic carbocycles. The topological polar surface area (TPSA) is 461 Å². The van der Waals surface area contributed by atoms with Crippen molar-refractivity contribution in [2.45, 2.75) is 167 Å². The third-order valence-corrected chi connectivity index (χ3v) is 11.2. The zero-order valence-electron chi connectivity index (χ0n) is 42.2. The quantitative estimate of drug-likeness (QED) is 0.0164. The Morgan fingerprint density at radius 3 is 1.42 bits per heavy atom. The summed E-state index contributed by atoms with van der Waals surface area (Å²) in [4.78, 5) is 147. The maximum absolute atomic E-state index is 13.8. The lowest BCUT2D eigenvalue weighted by Gasteiger charge is -2.27. The monoisotopic (exact) mass is 1050 g/mol. The molecule has 0 aliphatic heterocycles. The number of rotatable bonds is 37. The van der Waals surface area contributed by atoms with Gasteiger partial charge in [0.1, 0.15) is 48.3 Å². The number of carbonyl (C=O) groups excluding carboxylic acids is 8. The lowest BCUT2D eigenvalue weighted by Crippen LogP contribution is -2.60. The second kappa shape index (κ2) is 34.9. The van der Waals surface area contributed by atoms with Crippen molar-refractivity contribution in [2.24, 2.45) is 39.8 Å². The van der Waals surface area contributed by atoms with Crippen molar-refractivity contribution in [3.8, 4) is 0 Å². The summed E-state index contributed by atoms with van der Waals surface area (Å²) in [5, 5.41) is 48.1. The van der Waals surface area contributed by atoms with Crippen molar-refractivity contribution in [2.75, 3.05) is 25.1 Å². The minimum atomic E-state index is -1.88. The number of carboxylic acids is 3. The number of guanidine groups is 1. The third kappa shape index (κ3) is 27.9. The normalized spacial score (nSPS) is 14.8. The lowest BCUT2D eigenvalue weighted by molar-refractivity contribution is -0.143. The van der Waals surface area contributed by atoms with Gasteiger partial charge in [-0.3, -0.25) is 52.9 Å².